The van der Waals surface area contributed by atoms with Crippen LogP contribution in [0.15, 0.2) is 84.1 Å². The lowest BCUT2D eigenvalue weighted by Crippen LogP contribution is -2.29. The van der Waals surface area contributed by atoms with Gasteiger partial charge in [-0.15, -0.1) is 0 Å². The van der Waals surface area contributed by atoms with Gasteiger partial charge in [-0.05, 0) is 66.1 Å². The smallest absolute Gasteiger partial charge is 0.303 e. The summed E-state index contributed by atoms with van der Waals surface area (Å²) in [7, 11) is 0. The summed E-state index contributed by atoms with van der Waals surface area (Å²) in [6.45, 7) is 0. The molecule has 0 aliphatic heterocycles. The van der Waals surface area contributed by atoms with Gasteiger partial charge < -0.3 is 10.4 Å². The van der Waals surface area contributed by atoms with E-state index in [0.29, 0.717) is 18.8 Å². The fraction of sp³-hybridized carbons (Fsp3) is 0.214. The highest BCUT2D eigenvalue weighted by atomic mass is 16.4. The lowest BCUT2D eigenvalue weighted by Gasteiger charge is -2.14. The highest BCUT2D eigenvalue weighted by Crippen LogP contribution is 2.27. The fourth-order valence-electron chi connectivity index (χ4n) is 4.28. The van der Waals surface area contributed by atoms with Crippen LogP contribution >= 0.6 is 0 Å². The van der Waals surface area contributed by atoms with Crippen LogP contribution in [0.4, 0.5) is 5.69 Å². The highest BCUT2D eigenvalue weighted by Gasteiger charge is 2.21. The number of carbonyl (C=O) groups is 1. The van der Waals surface area contributed by atoms with Gasteiger partial charge in [-0.25, -0.2) is 4.99 Å². The van der Waals surface area contributed by atoms with Crippen LogP contribution in [0.1, 0.15) is 41.5 Å². The topological polar surface area (TPSA) is 110 Å². The molecule has 1 aliphatic carbocycles. The third-order valence-electron chi connectivity index (χ3n) is 5.87. The Morgan fingerprint density at radius 3 is 2.57 bits per heavy atom. The Hall–Kier alpha value is -4.44. The first kappa shape index (κ1) is 23.7. The maximum Gasteiger partial charge on any atom is 0.303 e. The van der Waals surface area contributed by atoms with Gasteiger partial charge in [-0.1, -0.05) is 48.5 Å². The lowest BCUT2D eigenvalue weighted by molar-refractivity contribution is -0.137. The summed E-state index contributed by atoms with van der Waals surface area (Å²) in [4.78, 5) is 19.9. The number of aromatic nitrogens is 1. The molecule has 0 saturated carbocycles. The van der Waals surface area contributed by atoms with E-state index in [9.17, 15) is 10.1 Å². The fourth-order valence-corrected chi connectivity index (χ4v) is 4.28. The van der Waals surface area contributed by atoms with Gasteiger partial charge in [0.25, 0.3) is 0 Å². The minimum atomic E-state index is -0.797. The van der Waals surface area contributed by atoms with Crippen molar-refractivity contribution in [3.8, 4) is 6.19 Å². The van der Waals surface area contributed by atoms with Crippen LogP contribution in [-0.4, -0.2) is 28.1 Å². The molecule has 0 unspecified atom stereocenters. The molecule has 0 amide bonds. The number of anilines is 1. The Morgan fingerprint density at radius 1 is 1.11 bits per heavy atom. The molecular weight excluding hydrogens is 438 g/mol. The predicted octanol–water partition coefficient (Wildman–Crippen LogP) is 4.77. The average Bonchev–Trinajstić information content (AvgIpc) is 3.27. The molecule has 0 radical (unpaired) electrons. The van der Waals surface area contributed by atoms with Crippen LogP contribution in [0.3, 0.4) is 0 Å². The van der Waals surface area contributed by atoms with E-state index in [2.05, 4.69) is 33.8 Å². The first-order chi connectivity index (χ1) is 17.1. The van der Waals surface area contributed by atoms with Gasteiger partial charge in [-0.2, -0.15) is 5.26 Å². The second-order valence-corrected chi connectivity index (χ2v) is 8.40. The summed E-state index contributed by atoms with van der Waals surface area (Å²) in [6.07, 6.45) is 10.6. The molecule has 3 aromatic rings. The number of hydrogen-bond donors (Lipinski definition) is 3. The number of rotatable bonds is 8. The molecule has 0 bridgehead atoms. The van der Waals surface area contributed by atoms with Crippen LogP contribution in [0, 0.1) is 11.5 Å². The molecule has 1 heterocycles. The zero-order valence-electron chi connectivity index (χ0n) is 19.3. The molecule has 0 atom stereocenters. The Bertz CT molecular complexity index is 1250. The number of aliphatic carboxylic acids is 1. The van der Waals surface area contributed by atoms with E-state index in [1.165, 1.54) is 11.1 Å². The van der Waals surface area contributed by atoms with Crippen molar-refractivity contribution >= 4 is 23.2 Å². The normalized spacial score (nSPS) is 13.7. The van der Waals surface area contributed by atoms with Gasteiger partial charge in [0.15, 0.2) is 6.19 Å². The molecule has 0 saturated heterocycles. The molecule has 0 spiro atoms. The van der Waals surface area contributed by atoms with Crippen molar-refractivity contribution in [2.75, 3.05) is 5.32 Å². The van der Waals surface area contributed by atoms with Gasteiger partial charge in [-0.3, -0.25) is 15.1 Å². The average molecular weight is 466 g/mol. The molecule has 0 fully saturated rings. The maximum atomic E-state index is 10.9. The summed E-state index contributed by atoms with van der Waals surface area (Å²) >= 11 is 0. The molecule has 7 heteroatoms. The summed E-state index contributed by atoms with van der Waals surface area (Å²) in [5, 5.41) is 24.2. The Labute approximate surface area is 204 Å². The van der Waals surface area contributed by atoms with Gasteiger partial charge in [0.2, 0.25) is 5.96 Å². The molecule has 7 nitrogen and oxygen atoms in total. The van der Waals surface area contributed by atoms with E-state index in [1.807, 2.05) is 54.7 Å². The first-order valence-corrected chi connectivity index (χ1v) is 11.6. The van der Waals surface area contributed by atoms with Crippen LogP contribution in [-0.2, 0) is 17.6 Å². The van der Waals surface area contributed by atoms with Gasteiger partial charge in [0.1, 0.15) is 0 Å². The van der Waals surface area contributed by atoms with Crippen molar-refractivity contribution in [1.82, 2.24) is 10.3 Å². The van der Waals surface area contributed by atoms with Crippen LogP contribution in [0.5, 0.6) is 0 Å². The number of carboxylic acid groups (broad SMARTS) is 1. The number of nitriles is 1. The van der Waals surface area contributed by atoms with Crippen molar-refractivity contribution in [3.63, 3.8) is 0 Å². The number of unbranched alkanes of at least 4 members (excludes halogenated alkanes) is 1. The Balaban J connectivity index is 1.55. The van der Waals surface area contributed by atoms with E-state index in [-0.39, 0.29) is 12.5 Å². The third-order valence-corrected chi connectivity index (χ3v) is 5.87. The van der Waals surface area contributed by atoms with E-state index >= 15 is 0 Å². The molecule has 1 aliphatic rings. The molecule has 3 N–H and O–H groups in total. The zero-order valence-corrected chi connectivity index (χ0v) is 19.3. The van der Waals surface area contributed by atoms with Crippen molar-refractivity contribution in [2.45, 2.75) is 38.1 Å². The number of fused-ring (bicyclic) bond motifs is 1. The second-order valence-electron chi connectivity index (χ2n) is 8.40. The number of nitrogens with zero attached hydrogens (tertiary/aromatic N) is 3. The number of pyridine rings is 1. The van der Waals surface area contributed by atoms with E-state index in [1.54, 1.807) is 12.4 Å². The van der Waals surface area contributed by atoms with E-state index in [4.69, 9.17) is 10.1 Å². The molecule has 4 rings (SSSR count). The number of carboxylic acids is 1. The molecule has 176 valence electrons. The quantitative estimate of drug-likeness (QED) is 0.145. The summed E-state index contributed by atoms with van der Waals surface area (Å²) in [5.41, 5.74) is 6.28. The second kappa shape index (κ2) is 11.6. The number of guanidine groups is 1. The van der Waals surface area contributed by atoms with Crippen molar-refractivity contribution in [1.29, 1.82) is 5.26 Å². The summed E-state index contributed by atoms with van der Waals surface area (Å²) in [6, 6.07) is 20.1. The Kier molecular flexibility index (Phi) is 7.87. The van der Waals surface area contributed by atoms with Crippen LogP contribution in [0.25, 0.3) is 5.57 Å². The Morgan fingerprint density at radius 2 is 1.89 bits per heavy atom. The number of allylic oxidation sites excluding steroid dienone is 1. The highest BCUT2D eigenvalue weighted by molar-refractivity contribution is 5.95. The van der Waals surface area contributed by atoms with Crippen molar-refractivity contribution in [3.05, 3.63) is 101 Å². The zero-order chi connectivity index (χ0) is 24.5. The first-order valence-electron chi connectivity index (χ1n) is 11.6. The van der Waals surface area contributed by atoms with E-state index in [0.717, 1.165) is 35.2 Å². The standard InChI is InChI=1S/C28H27N5O2/c29-19-31-28(33-25-15-20-7-1-2-8-21(20)16-25)32-24-11-5-9-22(17-24)26(12-3-4-13-27(34)35)23-10-6-14-30-18-23/h1-2,5-12,14,17-18,25H,3-4,13,15-16H2,(H,34,35)(H2,31,32,33)/b26-12+. The monoisotopic (exact) mass is 465 g/mol. The summed E-state index contributed by atoms with van der Waals surface area (Å²) in [5.74, 6) is -0.384. The molecular formula is C28H27N5O2. The number of benzene rings is 2. The van der Waals surface area contributed by atoms with Gasteiger partial charge >= 0.3 is 5.97 Å². The van der Waals surface area contributed by atoms with Gasteiger partial charge in [0, 0.05) is 30.1 Å². The van der Waals surface area contributed by atoms with Crippen molar-refractivity contribution in [2.24, 2.45) is 4.99 Å². The number of aliphatic imine (C=N–C) groups is 1. The minimum absolute atomic E-state index is 0.0685. The predicted molar refractivity (Wildman–Crippen MR) is 137 cm³/mol. The number of nitrogens with one attached hydrogen (secondary N) is 2. The largest absolute Gasteiger partial charge is 0.481 e. The van der Waals surface area contributed by atoms with Gasteiger partial charge in [0.05, 0.1) is 6.04 Å². The number of hydrogen-bond acceptors (Lipinski definition) is 4. The molecule has 2 aromatic carbocycles. The minimum Gasteiger partial charge on any atom is -0.481 e. The van der Waals surface area contributed by atoms with E-state index < -0.39 is 5.97 Å². The lowest BCUT2D eigenvalue weighted by atomic mass is 9.97. The maximum absolute atomic E-state index is 10.9. The van der Waals surface area contributed by atoms with Crippen molar-refractivity contribution < 1.29 is 9.90 Å². The van der Waals surface area contributed by atoms with Crippen LogP contribution < -0.4 is 10.6 Å². The summed E-state index contributed by atoms with van der Waals surface area (Å²) < 4.78 is 0. The molecule has 1 aromatic heterocycles. The third kappa shape index (κ3) is 6.55. The molecule has 35 heavy (non-hydrogen) atoms. The SMILES string of the molecule is N#CNC(=NC1Cc2ccccc2C1)Nc1cccc(/C(=C\CCCC(=O)O)c2cccnc2)c1. The van der Waals surface area contributed by atoms with Crippen LogP contribution in [0.2, 0.25) is 0 Å².